The molecule has 0 spiro atoms. The summed E-state index contributed by atoms with van der Waals surface area (Å²) in [7, 11) is 0. The van der Waals surface area contributed by atoms with Crippen LogP contribution in [0.2, 0.25) is 0 Å². The molecule has 1 aromatic rings. The molecule has 0 aromatic heterocycles. The Morgan fingerprint density at radius 1 is 1.43 bits per heavy atom. The van der Waals surface area contributed by atoms with Crippen molar-refractivity contribution in [1.82, 2.24) is 10.9 Å². The van der Waals surface area contributed by atoms with Crippen LogP contribution >= 0.6 is 0 Å². The summed E-state index contributed by atoms with van der Waals surface area (Å²) < 4.78 is 5.28. The van der Waals surface area contributed by atoms with Gasteiger partial charge in [0, 0.05) is 31.5 Å². The molecule has 0 unspecified atom stereocenters. The Hall–Kier alpha value is -2.48. The number of amidine groups is 1. The van der Waals surface area contributed by atoms with E-state index in [1.165, 1.54) is 12.1 Å². The van der Waals surface area contributed by atoms with Gasteiger partial charge in [0.25, 0.3) is 5.69 Å². The van der Waals surface area contributed by atoms with Crippen LogP contribution in [0.1, 0.15) is 24.8 Å². The lowest BCUT2D eigenvalue weighted by atomic mass is 9.75. The van der Waals surface area contributed by atoms with E-state index in [4.69, 9.17) is 4.74 Å². The summed E-state index contributed by atoms with van der Waals surface area (Å²) in [6, 6.07) is 6.40. The summed E-state index contributed by atoms with van der Waals surface area (Å²) in [6.45, 7) is 1.54. The lowest BCUT2D eigenvalue weighted by Crippen LogP contribution is -2.52. The van der Waals surface area contributed by atoms with Crippen LogP contribution in [0.15, 0.2) is 29.3 Å². The number of amides is 1. The van der Waals surface area contributed by atoms with Gasteiger partial charge in [-0.05, 0) is 12.0 Å². The van der Waals surface area contributed by atoms with Gasteiger partial charge in [-0.15, -0.1) is 0 Å². The first kappa shape index (κ1) is 15.4. The van der Waals surface area contributed by atoms with E-state index in [-0.39, 0.29) is 18.0 Å². The predicted octanol–water partition coefficient (Wildman–Crippen LogP) is 1.07. The summed E-state index contributed by atoms with van der Waals surface area (Å²) >= 11 is 0. The highest BCUT2D eigenvalue weighted by Crippen LogP contribution is 2.37. The largest absolute Gasteiger partial charge is 0.379 e. The van der Waals surface area contributed by atoms with Crippen LogP contribution in [0.3, 0.4) is 0 Å². The highest BCUT2D eigenvalue weighted by Gasteiger charge is 2.42. The topological polar surface area (TPSA) is 106 Å². The van der Waals surface area contributed by atoms with Crippen LogP contribution in [0.4, 0.5) is 5.69 Å². The zero-order valence-electron chi connectivity index (χ0n) is 12.6. The van der Waals surface area contributed by atoms with Crippen LogP contribution in [0.5, 0.6) is 0 Å². The van der Waals surface area contributed by atoms with E-state index in [0.29, 0.717) is 13.2 Å². The maximum absolute atomic E-state index is 12.2. The van der Waals surface area contributed by atoms with Crippen molar-refractivity contribution in [3.8, 4) is 0 Å². The number of hydrogen-bond acceptors (Lipinski definition) is 6. The lowest BCUT2D eigenvalue weighted by Gasteiger charge is -2.41. The van der Waals surface area contributed by atoms with Crippen molar-refractivity contribution in [2.45, 2.75) is 24.7 Å². The van der Waals surface area contributed by atoms with E-state index in [9.17, 15) is 14.9 Å². The second kappa shape index (κ2) is 6.33. The third-order valence-electron chi connectivity index (χ3n) is 4.15. The molecule has 8 heteroatoms. The van der Waals surface area contributed by atoms with Gasteiger partial charge in [0.15, 0.2) is 0 Å². The molecular weight excluding hydrogens is 300 g/mol. The van der Waals surface area contributed by atoms with Crippen molar-refractivity contribution in [3.63, 3.8) is 0 Å². The van der Waals surface area contributed by atoms with Crippen LogP contribution in [0, 0.1) is 10.1 Å². The fourth-order valence-electron chi connectivity index (χ4n) is 2.80. The summed E-state index contributed by atoms with van der Waals surface area (Å²) in [5.74, 6) is 0.599. The highest BCUT2D eigenvalue weighted by atomic mass is 16.6. The molecule has 8 nitrogen and oxygen atoms in total. The van der Waals surface area contributed by atoms with Crippen molar-refractivity contribution >= 4 is 17.4 Å². The molecule has 0 aliphatic carbocycles. The SMILES string of the molecule is O=C(CC1(c2cccc([N+](=O)[O-])c2)COC1)NNC1=NCCC1. The average Bonchev–Trinajstić information content (AvgIpc) is 3.02. The first-order valence-electron chi connectivity index (χ1n) is 7.50. The number of nitro groups is 1. The Morgan fingerprint density at radius 2 is 2.26 bits per heavy atom. The van der Waals surface area contributed by atoms with Gasteiger partial charge in [-0.3, -0.25) is 30.8 Å². The van der Waals surface area contributed by atoms with Crippen molar-refractivity contribution in [2.75, 3.05) is 19.8 Å². The zero-order chi connectivity index (χ0) is 16.3. The summed E-state index contributed by atoms with van der Waals surface area (Å²) in [5.41, 5.74) is 5.75. The fourth-order valence-corrected chi connectivity index (χ4v) is 2.80. The van der Waals surface area contributed by atoms with Gasteiger partial charge in [0.2, 0.25) is 5.91 Å². The van der Waals surface area contributed by atoms with E-state index in [1.807, 2.05) is 0 Å². The molecule has 0 radical (unpaired) electrons. The van der Waals surface area contributed by atoms with Gasteiger partial charge in [-0.25, -0.2) is 0 Å². The second-order valence-electron chi connectivity index (χ2n) is 5.86. The maximum atomic E-state index is 12.2. The van der Waals surface area contributed by atoms with Gasteiger partial charge in [0.1, 0.15) is 5.84 Å². The highest BCUT2D eigenvalue weighted by molar-refractivity contribution is 5.87. The van der Waals surface area contributed by atoms with Crippen LogP contribution in [0.25, 0.3) is 0 Å². The molecule has 1 fully saturated rings. The quantitative estimate of drug-likeness (QED) is 0.638. The lowest BCUT2D eigenvalue weighted by molar-refractivity contribution is -0.385. The van der Waals surface area contributed by atoms with Gasteiger partial charge < -0.3 is 4.74 Å². The molecule has 3 rings (SSSR count). The van der Waals surface area contributed by atoms with Crippen molar-refractivity contribution < 1.29 is 14.5 Å². The number of nitrogens with one attached hydrogen (secondary N) is 2. The number of non-ortho nitro benzene ring substituents is 1. The van der Waals surface area contributed by atoms with Gasteiger partial charge >= 0.3 is 0 Å². The first-order chi connectivity index (χ1) is 11.1. The zero-order valence-corrected chi connectivity index (χ0v) is 12.6. The fraction of sp³-hybridized carbons (Fsp3) is 0.467. The molecule has 1 saturated heterocycles. The minimum absolute atomic E-state index is 0.0209. The molecule has 2 N–H and O–H groups in total. The average molecular weight is 318 g/mol. The second-order valence-corrected chi connectivity index (χ2v) is 5.86. The molecule has 122 valence electrons. The molecule has 2 aliphatic heterocycles. The van der Waals surface area contributed by atoms with E-state index < -0.39 is 10.3 Å². The van der Waals surface area contributed by atoms with E-state index in [0.717, 1.165) is 30.8 Å². The Labute approximate surface area is 133 Å². The van der Waals surface area contributed by atoms with Crippen molar-refractivity contribution in [1.29, 1.82) is 0 Å². The number of nitro benzene ring substituents is 1. The summed E-state index contributed by atoms with van der Waals surface area (Å²) in [6.07, 6.45) is 2.03. The van der Waals surface area contributed by atoms with Gasteiger partial charge in [-0.1, -0.05) is 12.1 Å². The van der Waals surface area contributed by atoms with E-state index in [2.05, 4.69) is 15.8 Å². The number of ether oxygens (including phenoxy) is 1. The third-order valence-corrected chi connectivity index (χ3v) is 4.15. The number of hydrazine groups is 1. The Balaban J connectivity index is 1.67. The molecule has 2 aliphatic rings. The number of benzene rings is 1. The molecule has 0 atom stereocenters. The molecule has 0 saturated carbocycles. The standard InChI is InChI=1S/C15H18N4O4/c20-14(18-17-13-5-2-6-16-13)8-15(9-23-10-15)11-3-1-4-12(7-11)19(21)22/h1,3-4,7H,2,5-6,8-10H2,(H,16,17)(H,18,20). The Kier molecular flexibility index (Phi) is 4.24. The van der Waals surface area contributed by atoms with Crippen LogP contribution < -0.4 is 10.9 Å². The summed E-state index contributed by atoms with van der Waals surface area (Å²) in [5, 5.41) is 10.9. The molecular formula is C15H18N4O4. The smallest absolute Gasteiger partial charge is 0.269 e. The van der Waals surface area contributed by atoms with Gasteiger partial charge in [0.05, 0.1) is 23.6 Å². The van der Waals surface area contributed by atoms with Crippen LogP contribution in [-0.4, -0.2) is 36.4 Å². The van der Waals surface area contributed by atoms with Gasteiger partial charge in [-0.2, -0.15) is 0 Å². The monoisotopic (exact) mass is 318 g/mol. The molecule has 0 bridgehead atoms. The number of carbonyl (C=O) groups is 1. The minimum atomic E-state index is -0.505. The molecule has 2 heterocycles. The maximum Gasteiger partial charge on any atom is 0.269 e. The number of aliphatic imine (C=N–C) groups is 1. The first-order valence-corrected chi connectivity index (χ1v) is 7.50. The Morgan fingerprint density at radius 3 is 2.87 bits per heavy atom. The Bertz CT molecular complexity index is 655. The molecule has 23 heavy (non-hydrogen) atoms. The third kappa shape index (κ3) is 3.31. The number of hydrogen-bond donors (Lipinski definition) is 2. The van der Waals surface area contributed by atoms with E-state index in [1.54, 1.807) is 12.1 Å². The number of carbonyl (C=O) groups excluding carboxylic acids is 1. The van der Waals surface area contributed by atoms with E-state index >= 15 is 0 Å². The normalized spacial score (nSPS) is 18.7. The predicted molar refractivity (Wildman–Crippen MR) is 83.0 cm³/mol. The summed E-state index contributed by atoms with van der Waals surface area (Å²) in [4.78, 5) is 26.9. The van der Waals surface area contributed by atoms with Crippen LogP contribution in [-0.2, 0) is 14.9 Å². The molecule has 1 amide bonds. The van der Waals surface area contributed by atoms with Crippen molar-refractivity contribution in [2.24, 2.45) is 4.99 Å². The number of nitrogens with zero attached hydrogens (tertiary/aromatic N) is 2. The number of rotatable bonds is 4. The van der Waals surface area contributed by atoms with Crippen molar-refractivity contribution in [3.05, 3.63) is 39.9 Å². The molecule has 1 aromatic carbocycles. The minimum Gasteiger partial charge on any atom is -0.379 e.